The molecule has 11 heteroatoms. The number of hydrogen-bond donors (Lipinski definition) is 2. The Balaban J connectivity index is 1.21. The summed E-state index contributed by atoms with van der Waals surface area (Å²) < 4.78 is 40.4. The SMILES string of the molecule is COc1cc2c(nc(C)n2C)c2c1-c1cccn3c(C(=O)c4cc(F)c(NC(=O)/C=C/CNC5CCCCC5)c(F)c4)cc(c13)CCN2C. The van der Waals surface area contributed by atoms with Crippen molar-refractivity contribution in [1.29, 1.82) is 0 Å². The van der Waals surface area contributed by atoms with Gasteiger partial charge < -0.3 is 29.2 Å². The molecule has 0 radical (unpaired) electrons. The van der Waals surface area contributed by atoms with Crippen LogP contribution in [0.1, 0.15) is 59.5 Å². The fourth-order valence-electron chi connectivity index (χ4n) is 7.34. The van der Waals surface area contributed by atoms with Gasteiger partial charge in [0.05, 0.1) is 35.1 Å². The molecule has 0 bridgehead atoms. The van der Waals surface area contributed by atoms with E-state index in [1.807, 2.05) is 43.8 Å². The number of ether oxygens (including phenoxy) is 1. The lowest BCUT2D eigenvalue weighted by Gasteiger charge is -2.27. The minimum atomic E-state index is -1.03. The molecule has 2 aromatic carbocycles. The number of rotatable bonds is 8. The third-order valence-corrected chi connectivity index (χ3v) is 9.98. The van der Waals surface area contributed by atoms with E-state index in [0.29, 0.717) is 31.3 Å². The second-order valence-corrected chi connectivity index (χ2v) is 13.0. The molecule has 9 nitrogen and oxygen atoms in total. The van der Waals surface area contributed by atoms with E-state index >= 15 is 8.78 Å². The van der Waals surface area contributed by atoms with Crippen LogP contribution in [0.5, 0.6) is 5.75 Å². The topological polar surface area (TPSA) is 92.9 Å². The third kappa shape index (κ3) is 5.86. The van der Waals surface area contributed by atoms with Crippen molar-refractivity contribution in [1.82, 2.24) is 19.3 Å². The number of carbonyl (C=O) groups excluding carboxylic acids is 2. The smallest absolute Gasteiger partial charge is 0.248 e. The molecule has 7 rings (SSSR count). The zero-order valence-electron chi connectivity index (χ0n) is 28.2. The fourth-order valence-corrected chi connectivity index (χ4v) is 7.34. The van der Waals surface area contributed by atoms with Gasteiger partial charge in [-0.15, -0.1) is 0 Å². The molecular weight excluding hydrogens is 626 g/mol. The highest BCUT2D eigenvalue weighted by molar-refractivity contribution is 6.11. The molecule has 5 aromatic rings. The van der Waals surface area contributed by atoms with Gasteiger partial charge in [0.1, 0.15) is 34.4 Å². The molecule has 1 saturated carbocycles. The van der Waals surface area contributed by atoms with Crippen molar-refractivity contribution in [2.75, 3.05) is 37.5 Å². The van der Waals surface area contributed by atoms with Crippen LogP contribution in [-0.2, 0) is 18.3 Å². The standard InChI is InChI=1S/C38H40F2N6O3/c1-22-42-35-29(45(22)3)21-31(49-4)33-26-12-9-16-46-30(20-23(36(26)46)14-17-44(2)37(33)35)38(48)24-18-27(39)34(28(40)19-24)43-32(47)13-8-15-41-25-10-6-5-7-11-25/h8-9,12-13,16,18-21,25,41H,5-7,10-11,14-15,17H2,1-4H3,(H,43,47)/b13-8+. The Labute approximate surface area is 283 Å². The number of amides is 1. The quantitative estimate of drug-likeness (QED) is 0.141. The Bertz CT molecular complexity index is 2120. The second-order valence-electron chi connectivity index (χ2n) is 13.0. The van der Waals surface area contributed by atoms with Gasteiger partial charge in [0, 0.05) is 62.7 Å². The van der Waals surface area contributed by atoms with Crippen molar-refractivity contribution in [3.63, 3.8) is 0 Å². The van der Waals surface area contributed by atoms with E-state index in [-0.39, 0.29) is 11.3 Å². The first-order valence-corrected chi connectivity index (χ1v) is 16.8. The van der Waals surface area contributed by atoms with Crippen LogP contribution in [0.25, 0.3) is 27.7 Å². The molecule has 0 unspecified atom stereocenters. The van der Waals surface area contributed by atoms with E-state index in [4.69, 9.17) is 9.72 Å². The number of aromatic nitrogens is 3. The normalized spacial score (nSPS) is 15.1. The van der Waals surface area contributed by atoms with Crippen molar-refractivity contribution < 1.29 is 23.1 Å². The van der Waals surface area contributed by atoms with E-state index in [2.05, 4.69) is 15.5 Å². The molecule has 49 heavy (non-hydrogen) atoms. The van der Waals surface area contributed by atoms with Crippen molar-refractivity contribution in [3.8, 4) is 16.9 Å². The predicted molar refractivity (Wildman–Crippen MR) is 188 cm³/mol. The summed E-state index contributed by atoms with van der Waals surface area (Å²) in [5.41, 5.74) is 5.72. The number of likely N-dealkylation sites (N-methyl/N-ethyl adjacent to an activating group) is 1. The number of benzene rings is 2. The highest BCUT2D eigenvalue weighted by Gasteiger charge is 2.29. The number of nitrogens with one attached hydrogen (secondary N) is 2. The zero-order chi connectivity index (χ0) is 34.4. The highest BCUT2D eigenvalue weighted by Crippen LogP contribution is 2.47. The first-order valence-electron chi connectivity index (χ1n) is 16.8. The number of halogens is 2. The third-order valence-electron chi connectivity index (χ3n) is 9.98. The Morgan fingerprint density at radius 3 is 2.57 bits per heavy atom. The Kier molecular flexibility index (Phi) is 8.70. The average Bonchev–Trinajstić information content (AvgIpc) is 3.61. The number of methoxy groups -OCH3 is 1. The minimum Gasteiger partial charge on any atom is -0.496 e. The number of carbonyl (C=O) groups is 2. The molecular formula is C38H40F2N6O3. The summed E-state index contributed by atoms with van der Waals surface area (Å²) in [6.07, 6.45) is 11.2. The van der Waals surface area contributed by atoms with Crippen LogP contribution in [0, 0.1) is 18.6 Å². The molecule has 254 valence electrons. The monoisotopic (exact) mass is 666 g/mol. The second kappa shape index (κ2) is 13.1. The summed E-state index contributed by atoms with van der Waals surface area (Å²) in [6, 6.07) is 10.00. The Hall–Kier alpha value is -5.03. The molecule has 1 aliphatic carbocycles. The van der Waals surface area contributed by atoms with Gasteiger partial charge in [-0.2, -0.15) is 0 Å². The van der Waals surface area contributed by atoms with Crippen molar-refractivity contribution >= 4 is 39.6 Å². The summed E-state index contributed by atoms with van der Waals surface area (Å²) >= 11 is 0. The number of hydrogen-bond acceptors (Lipinski definition) is 6. The Morgan fingerprint density at radius 2 is 1.84 bits per heavy atom. The van der Waals surface area contributed by atoms with Gasteiger partial charge in [-0.1, -0.05) is 31.4 Å². The molecule has 0 atom stereocenters. The maximum atomic E-state index is 15.3. The summed E-state index contributed by atoms with van der Waals surface area (Å²) in [4.78, 5) is 33.5. The zero-order valence-corrected chi connectivity index (χ0v) is 28.2. The van der Waals surface area contributed by atoms with Crippen LogP contribution in [-0.4, -0.2) is 58.9 Å². The summed E-state index contributed by atoms with van der Waals surface area (Å²) in [5.74, 6) is -1.71. The van der Waals surface area contributed by atoms with E-state index in [0.717, 1.165) is 69.7 Å². The van der Waals surface area contributed by atoms with Crippen LogP contribution in [0.2, 0.25) is 0 Å². The molecule has 1 fully saturated rings. The van der Waals surface area contributed by atoms with Crippen molar-refractivity contribution in [3.05, 3.63) is 89.0 Å². The maximum Gasteiger partial charge on any atom is 0.248 e. The van der Waals surface area contributed by atoms with Crippen LogP contribution >= 0.6 is 0 Å². The van der Waals surface area contributed by atoms with Crippen LogP contribution in [0.15, 0.2) is 54.7 Å². The first-order chi connectivity index (χ1) is 23.7. The van der Waals surface area contributed by atoms with Gasteiger partial charge >= 0.3 is 0 Å². The van der Waals surface area contributed by atoms with Crippen LogP contribution in [0.3, 0.4) is 0 Å². The van der Waals surface area contributed by atoms with Crippen molar-refractivity contribution in [2.24, 2.45) is 7.05 Å². The molecule has 1 amide bonds. The summed E-state index contributed by atoms with van der Waals surface area (Å²) in [7, 11) is 5.63. The van der Waals surface area contributed by atoms with Crippen LogP contribution < -0.4 is 20.3 Å². The Morgan fingerprint density at radius 1 is 1.08 bits per heavy atom. The van der Waals surface area contributed by atoms with Gasteiger partial charge in [-0.25, -0.2) is 13.8 Å². The lowest BCUT2D eigenvalue weighted by atomic mass is 9.95. The number of ketones is 1. The average molecular weight is 667 g/mol. The fraction of sp³-hybridized carbons (Fsp3) is 0.342. The summed E-state index contributed by atoms with van der Waals surface area (Å²) in [5, 5.41) is 5.68. The summed E-state index contributed by atoms with van der Waals surface area (Å²) in [6.45, 7) is 3.09. The molecule has 0 spiro atoms. The first kappa shape index (κ1) is 32.5. The largest absolute Gasteiger partial charge is 0.496 e. The van der Waals surface area contributed by atoms with Gasteiger partial charge in [0.15, 0.2) is 0 Å². The van der Waals surface area contributed by atoms with Crippen molar-refractivity contribution in [2.45, 2.75) is 51.5 Å². The number of pyridine rings is 1. The van der Waals surface area contributed by atoms with Gasteiger partial charge in [0.25, 0.3) is 0 Å². The molecule has 0 saturated heterocycles. The van der Waals surface area contributed by atoms with E-state index in [1.54, 1.807) is 29.8 Å². The number of nitrogens with zero attached hydrogens (tertiary/aromatic N) is 4. The van der Waals surface area contributed by atoms with E-state index in [9.17, 15) is 9.59 Å². The van der Waals surface area contributed by atoms with E-state index < -0.39 is 29.0 Å². The van der Waals surface area contributed by atoms with Gasteiger partial charge in [-0.05, 0) is 56.0 Å². The lowest BCUT2D eigenvalue weighted by molar-refractivity contribution is -0.112. The van der Waals surface area contributed by atoms with E-state index in [1.165, 1.54) is 25.3 Å². The van der Waals surface area contributed by atoms with Crippen LogP contribution in [0.4, 0.5) is 20.2 Å². The maximum absolute atomic E-state index is 15.3. The lowest BCUT2D eigenvalue weighted by Crippen LogP contribution is -2.31. The number of aryl methyl sites for hydroxylation is 2. The predicted octanol–water partition coefficient (Wildman–Crippen LogP) is 6.73. The number of imidazole rings is 1. The molecule has 1 aliphatic heterocycles. The number of anilines is 2. The molecule has 4 heterocycles. The van der Waals surface area contributed by atoms with Gasteiger partial charge in [-0.3, -0.25) is 9.59 Å². The molecule has 2 aliphatic rings. The van der Waals surface area contributed by atoms with Gasteiger partial charge in [0.2, 0.25) is 11.7 Å². The molecule has 3 aromatic heterocycles. The highest BCUT2D eigenvalue weighted by atomic mass is 19.1. The molecule has 2 N–H and O–H groups in total. The number of fused-ring (bicyclic) bond motifs is 4. The minimum absolute atomic E-state index is 0.160.